The second-order valence-electron chi connectivity index (χ2n) is 5.81. The molecule has 7 heteroatoms. The van der Waals surface area contributed by atoms with Gasteiger partial charge in [0.25, 0.3) is 5.91 Å². The molecule has 3 rings (SSSR count). The lowest BCUT2D eigenvalue weighted by Crippen LogP contribution is -2.45. The molecule has 1 aliphatic rings. The van der Waals surface area contributed by atoms with Crippen LogP contribution in [0.2, 0.25) is 0 Å². The first-order valence-corrected chi connectivity index (χ1v) is 8.23. The highest BCUT2D eigenvalue weighted by atomic mass is 16.2. The molecule has 0 radical (unpaired) electrons. The van der Waals surface area contributed by atoms with Crippen molar-refractivity contribution in [2.45, 2.75) is 33.1 Å². The van der Waals surface area contributed by atoms with Crippen LogP contribution < -0.4 is 0 Å². The first-order chi connectivity index (χ1) is 11.6. The molecule has 0 unspecified atom stereocenters. The van der Waals surface area contributed by atoms with Crippen molar-refractivity contribution in [1.29, 1.82) is 0 Å². The second-order valence-corrected chi connectivity index (χ2v) is 5.81. The van der Waals surface area contributed by atoms with E-state index in [9.17, 15) is 9.59 Å². The molecule has 0 aliphatic carbocycles. The highest BCUT2D eigenvalue weighted by Gasteiger charge is 2.33. The van der Waals surface area contributed by atoms with Gasteiger partial charge in [-0.3, -0.25) is 14.6 Å². The molecule has 0 atom stereocenters. The van der Waals surface area contributed by atoms with E-state index in [0.717, 1.165) is 18.5 Å². The van der Waals surface area contributed by atoms with Gasteiger partial charge in [-0.15, -0.1) is 5.10 Å². The maximum Gasteiger partial charge on any atom is 0.294 e. The van der Waals surface area contributed by atoms with E-state index < -0.39 is 0 Å². The van der Waals surface area contributed by atoms with Crippen LogP contribution in [0.1, 0.15) is 42.4 Å². The van der Waals surface area contributed by atoms with Crippen LogP contribution in [0, 0.1) is 6.92 Å². The van der Waals surface area contributed by atoms with Gasteiger partial charge in [0.15, 0.2) is 5.69 Å². The molecule has 0 saturated carbocycles. The Morgan fingerprint density at radius 2 is 1.79 bits per heavy atom. The molecular weight excluding hydrogens is 306 g/mol. The first kappa shape index (κ1) is 16.2. The molecule has 7 nitrogen and oxygen atoms in total. The van der Waals surface area contributed by atoms with Gasteiger partial charge in [-0.1, -0.05) is 25.1 Å². The number of hydrogen-bond donors (Lipinski definition) is 0. The van der Waals surface area contributed by atoms with E-state index in [-0.39, 0.29) is 17.5 Å². The van der Waals surface area contributed by atoms with E-state index in [4.69, 9.17) is 0 Å². The Hall–Kier alpha value is -2.70. The van der Waals surface area contributed by atoms with E-state index in [1.54, 1.807) is 11.9 Å². The number of aromatic nitrogens is 3. The summed E-state index contributed by atoms with van der Waals surface area (Å²) in [6.45, 7) is 4.83. The summed E-state index contributed by atoms with van der Waals surface area (Å²) in [7, 11) is 0. The Morgan fingerprint density at radius 3 is 2.50 bits per heavy atom. The number of rotatable bonds is 4. The molecule has 24 heavy (non-hydrogen) atoms. The summed E-state index contributed by atoms with van der Waals surface area (Å²) in [6, 6.07) is 9.44. The number of benzene rings is 1. The van der Waals surface area contributed by atoms with Crippen LogP contribution in [-0.4, -0.2) is 49.9 Å². The van der Waals surface area contributed by atoms with Gasteiger partial charge in [0.1, 0.15) is 0 Å². The van der Waals surface area contributed by atoms with Crippen molar-refractivity contribution in [3.05, 3.63) is 41.7 Å². The summed E-state index contributed by atoms with van der Waals surface area (Å²) >= 11 is 0. The predicted octanol–water partition coefficient (Wildman–Crippen LogP) is 1.97. The number of carbonyl (C=O) groups is 2. The van der Waals surface area contributed by atoms with Crippen molar-refractivity contribution >= 4 is 11.8 Å². The van der Waals surface area contributed by atoms with Gasteiger partial charge in [-0.25, -0.2) is 5.01 Å². The van der Waals surface area contributed by atoms with Gasteiger partial charge in [0.05, 0.1) is 11.4 Å². The Bertz CT molecular complexity index is 741. The van der Waals surface area contributed by atoms with Crippen LogP contribution in [0.3, 0.4) is 0 Å². The van der Waals surface area contributed by atoms with E-state index in [2.05, 4.69) is 10.2 Å². The zero-order valence-corrected chi connectivity index (χ0v) is 14.0. The van der Waals surface area contributed by atoms with Gasteiger partial charge in [0.2, 0.25) is 5.91 Å². The number of para-hydroxylation sites is 1. The zero-order chi connectivity index (χ0) is 17.1. The van der Waals surface area contributed by atoms with Crippen molar-refractivity contribution in [2.24, 2.45) is 0 Å². The molecule has 126 valence electrons. The largest absolute Gasteiger partial charge is 0.294 e. The van der Waals surface area contributed by atoms with E-state index in [0.29, 0.717) is 25.2 Å². The highest BCUT2D eigenvalue weighted by molar-refractivity contribution is 5.94. The lowest BCUT2D eigenvalue weighted by atomic mass is 10.3. The minimum atomic E-state index is -0.267. The van der Waals surface area contributed by atoms with Crippen molar-refractivity contribution in [3.8, 4) is 5.69 Å². The van der Waals surface area contributed by atoms with Gasteiger partial charge in [-0.2, -0.15) is 9.90 Å². The fourth-order valence-electron chi connectivity index (χ4n) is 2.80. The molecule has 1 aliphatic heterocycles. The normalized spacial score (nSPS) is 14.2. The molecule has 2 heterocycles. The van der Waals surface area contributed by atoms with Crippen molar-refractivity contribution in [1.82, 2.24) is 25.0 Å². The highest BCUT2D eigenvalue weighted by Crippen LogP contribution is 2.18. The van der Waals surface area contributed by atoms with Crippen molar-refractivity contribution in [3.63, 3.8) is 0 Å². The molecule has 2 aromatic rings. The Labute approximate surface area is 140 Å². The average Bonchev–Trinajstić information content (AvgIpc) is 3.22. The van der Waals surface area contributed by atoms with Crippen LogP contribution in [-0.2, 0) is 4.79 Å². The number of amides is 2. The second kappa shape index (κ2) is 6.82. The van der Waals surface area contributed by atoms with Crippen LogP contribution in [0.5, 0.6) is 0 Å². The molecule has 1 saturated heterocycles. The molecular formula is C17H21N5O2. The minimum Gasteiger partial charge on any atom is -0.273 e. The average molecular weight is 327 g/mol. The molecule has 0 N–H and O–H groups in total. The Balaban J connectivity index is 1.85. The van der Waals surface area contributed by atoms with E-state index in [1.807, 2.05) is 37.3 Å². The third-order valence-corrected chi connectivity index (χ3v) is 3.99. The fourth-order valence-corrected chi connectivity index (χ4v) is 2.80. The lowest BCUT2D eigenvalue weighted by molar-refractivity contribution is -0.140. The third kappa shape index (κ3) is 3.02. The lowest BCUT2D eigenvalue weighted by Gasteiger charge is -2.27. The molecule has 1 aromatic carbocycles. The number of aryl methyl sites for hydroxylation is 1. The number of hydrogen-bond acceptors (Lipinski definition) is 4. The number of nitrogens with zero attached hydrogens (tertiary/aromatic N) is 5. The Morgan fingerprint density at radius 1 is 1.08 bits per heavy atom. The van der Waals surface area contributed by atoms with Gasteiger partial charge in [0, 0.05) is 19.5 Å². The van der Waals surface area contributed by atoms with Crippen LogP contribution in [0.4, 0.5) is 0 Å². The molecule has 2 amide bonds. The number of carbonyl (C=O) groups excluding carboxylic acids is 2. The van der Waals surface area contributed by atoms with Gasteiger partial charge < -0.3 is 0 Å². The molecule has 0 spiro atoms. The topological polar surface area (TPSA) is 71.3 Å². The smallest absolute Gasteiger partial charge is 0.273 e. The van der Waals surface area contributed by atoms with Crippen LogP contribution in [0.25, 0.3) is 5.69 Å². The minimum absolute atomic E-state index is 0.0172. The Kier molecular flexibility index (Phi) is 4.59. The monoisotopic (exact) mass is 327 g/mol. The number of hydrazine groups is 1. The summed E-state index contributed by atoms with van der Waals surface area (Å²) in [5, 5.41) is 11.7. The van der Waals surface area contributed by atoms with E-state index >= 15 is 0 Å². The summed E-state index contributed by atoms with van der Waals surface area (Å²) < 4.78 is 0. The summed E-state index contributed by atoms with van der Waals surface area (Å²) in [6.07, 6.45) is 1.99. The first-order valence-electron chi connectivity index (χ1n) is 8.23. The molecule has 0 bridgehead atoms. The van der Waals surface area contributed by atoms with Gasteiger partial charge in [-0.05, 0) is 31.9 Å². The molecule has 1 fully saturated rings. The fraction of sp³-hybridized carbons (Fsp3) is 0.412. The zero-order valence-electron chi connectivity index (χ0n) is 14.0. The summed E-state index contributed by atoms with van der Waals surface area (Å²) in [5.74, 6) is -0.284. The summed E-state index contributed by atoms with van der Waals surface area (Å²) in [5.41, 5.74) is 1.63. The maximum atomic E-state index is 12.8. The van der Waals surface area contributed by atoms with Gasteiger partial charge >= 0.3 is 0 Å². The van der Waals surface area contributed by atoms with Crippen LogP contribution >= 0.6 is 0 Å². The maximum absolute atomic E-state index is 12.8. The summed E-state index contributed by atoms with van der Waals surface area (Å²) in [4.78, 5) is 26.5. The molecule has 1 aromatic heterocycles. The van der Waals surface area contributed by atoms with Crippen molar-refractivity contribution < 1.29 is 9.59 Å². The predicted molar refractivity (Wildman–Crippen MR) is 88.4 cm³/mol. The van der Waals surface area contributed by atoms with Crippen molar-refractivity contribution in [2.75, 3.05) is 13.1 Å². The SMILES string of the molecule is CCCC(=O)N1CCCN1C(=O)c1nn(-c2ccccc2)nc1C. The third-order valence-electron chi connectivity index (χ3n) is 3.99. The van der Waals surface area contributed by atoms with E-state index in [1.165, 1.54) is 9.81 Å². The quantitative estimate of drug-likeness (QED) is 0.861. The standard InChI is InChI=1S/C17H21N5O2/c1-3-8-15(23)20-11-7-12-21(20)17(24)16-13(2)18-22(19-16)14-9-5-4-6-10-14/h4-6,9-10H,3,7-8,11-12H2,1-2H3. The van der Waals surface area contributed by atoms with Crippen LogP contribution in [0.15, 0.2) is 30.3 Å².